The van der Waals surface area contributed by atoms with Crippen LogP contribution in [-0.4, -0.2) is 29.6 Å². The van der Waals surface area contributed by atoms with Crippen molar-refractivity contribution in [2.45, 2.75) is 19.4 Å². The third-order valence-electron chi connectivity index (χ3n) is 2.68. The minimum Gasteiger partial charge on any atom is -0.394 e. The van der Waals surface area contributed by atoms with Gasteiger partial charge < -0.3 is 16.2 Å². The molecule has 0 heterocycles. The summed E-state index contributed by atoms with van der Waals surface area (Å²) in [6.45, 7) is 1.80. The Bertz CT molecular complexity index is 462. The summed E-state index contributed by atoms with van der Waals surface area (Å²) in [4.78, 5) is 22.4. The van der Waals surface area contributed by atoms with E-state index in [4.69, 9.17) is 10.8 Å². The summed E-state index contributed by atoms with van der Waals surface area (Å²) in [7, 11) is 0. The fraction of sp³-hybridized carbons (Fsp3) is 0.286. The van der Waals surface area contributed by atoms with Gasteiger partial charge in [-0.2, -0.15) is 0 Å². The van der Waals surface area contributed by atoms with Gasteiger partial charge in [-0.3, -0.25) is 9.59 Å². The maximum atomic E-state index is 11.5. The molecule has 5 nitrogen and oxygen atoms in total. The number of carbonyl (C=O) groups excluding carboxylic acids is 2. The van der Waals surface area contributed by atoms with Crippen LogP contribution in [0.4, 0.5) is 0 Å². The van der Waals surface area contributed by atoms with E-state index in [-0.39, 0.29) is 18.6 Å². The zero-order valence-electron chi connectivity index (χ0n) is 10.8. The number of carbonyl (C=O) groups is 2. The predicted molar refractivity (Wildman–Crippen MR) is 73.3 cm³/mol. The lowest BCUT2D eigenvalue weighted by Gasteiger charge is -2.11. The molecule has 5 heteroatoms. The molecular formula is C14H18N2O3. The quantitative estimate of drug-likeness (QED) is 0.658. The van der Waals surface area contributed by atoms with Crippen LogP contribution in [0.15, 0.2) is 30.3 Å². The van der Waals surface area contributed by atoms with Crippen molar-refractivity contribution in [2.75, 3.05) is 6.61 Å². The number of aliphatic hydroxyl groups is 1. The molecule has 0 aromatic heterocycles. The molecule has 1 rings (SSSR count). The van der Waals surface area contributed by atoms with Crippen LogP contribution in [-0.2, 0) is 4.79 Å². The molecule has 102 valence electrons. The van der Waals surface area contributed by atoms with Crippen molar-refractivity contribution in [3.05, 3.63) is 41.5 Å². The summed E-state index contributed by atoms with van der Waals surface area (Å²) >= 11 is 0. The Kier molecular flexibility index (Phi) is 5.75. The van der Waals surface area contributed by atoms with Gasteiger partial charge in [0.15, 0.2) is 0 Å². The lowest BCUT2D eigenvalue weighted by atomic mass is 10.1. The van der Waals surface area contributed by atoms with Crippen molar-refractivity contribution in [3.8, 4) is 0 Å². The Balaban J connectivity index is 2.61. The predicted octanol–water partition coefficient (Wildman–Crippen LogP) is 0.686. The summed E-state index contributed by atoms with van der Waals surface area (Å²) in [5.41, 5.74) is 6.34. The van der Waals surface area contributed by atoms with Crippen LogP contribution in [0.1, 0.15) is 29.3 Å². The smallest absolute Gasteiger partial charge is 0.248 e. The van der Waals surface area contributed by atoms with Gasteiger partial charge in [-0.05, 0) is 30.2 Å². The van der Waals surface area contributed by atoms with Gasteiger partial charge in [0.1, 0.15) is 0 Å². The number of primary amides is 1. The Labute approximate surface area is 112 Å². The first-order chi connectivity index (χ1) is 9.06. The van der Waals surface area contributed by atoms with Gasteiger partial charge in [-0.25, -0.2) is 0 Å². The first-order valence-corrected chi connectivity index (χ1v) is 6.06. The fourth-order valence-corrected chi connectivity index (χ4v) is 1.46. The van der Waals surface area contributed by atoms with E-state index in [2.05, 4.69) is 5.32 Å². The molecule has 0 radical (unpaired) electrons. The molecule has 1 unspecified atom stereocenters. The molecule has 0 aliphatic carbocycles. The lowest BCUT2D eigenvalue weighted by molar-refractivity contribution is -0.117. The van der Waals surface area contributed by atoms with Crippen LogP contribution in [0.5, 0.6) is 0 Å². The van der Waals surface area contributed by atoms with Gasteiger partial charge in [0.05, 0.1) is 12.6 Å². The summed E-state index contributed by atoms with van der Waals surface area (Å²) in [5.74, 6) is -0.748. The van der Waals surface area contributed by atoms with Crippen LogP contribution >= 0.6 is 0 Å². The monoisotopic (exact) mass is 262 g/mol. The van der Waals surface area contributed by atoms with E-state index >= 15 is 0 Å². The molecule has 1 aromatic rings. The van der Waals surface area contributed by atoms with Crippen molar-refractivity contribution < 1.29 is 14.7 Å². The minimum atomic E-state index is -0.484. The van der Waals surface area contributed by atoms with E-state index in [0.29, 0.717) is 12.0 Å². The van der Waals surface area contributed by atoms with Crippen LogP contribution in [0.3, 0.4) is 0 Å². The third-order valence-corrected chi connectivity index (χ3v) is 2.68. The van der Waals surface area contributed by atoms with Gasteiger partial charge >= 0.3 is 0 Å². The minimum absolute atomic E-state index is 0.0800. The highest BCUT2D eigenvalue weighted by Crippen LogP contribution is 2.05. The van der Waals surface area contributed by atoms with E-state index in [0.717, 1.165) is 5.56 Å². The van der Waals surface area contributed by atoms with Crippen molar-refractivity contribution in [1.82, 2.24) is 5.32 Å². The second-order valence-corrected chi connectivity index (χ2v) is 4.12. The summed E-state index contributed by atoms with van der Waals surface area (Å²) < 4.78 is 0. The molecule has 19 heavy (non-hydrogen) atoms. The summed E-state index contributed by atoms with van der Waals surface area (Å²) in [5, 5.41) is 11.6. The maximum absolute atomic E-state index is 11.5. The molecule has 0 fully saturated rings. The number of nitrogens with one attached hydrogen (secondary N) is 1. The van der Waals surface area contributed by atoms with E-state index < -0.39 is 5.91 Å². The third kappa shape index (κ3) is 4.93. The number of amides is 2. The first-order valence-electron chi connectivity index (χ1n) is 6.06. The molecule has 1 atom stereocenters. The number of hydrogen-bond donors (Lipinski definition) is 3. The number of nitrogens with two attached hydrogens (primary N) is 1. The van der Waals surface area contributed by atoms with E-state index in [9.17, 15) is 9.59 Å². The molecular weight excluding hydrogens is 244 g/mol. The second kappa shape index (κ2) is 7.33. The molecule has 0 aliphatic rings. The number of hydrogen-bond acceptors (Lipinski definition) is 3. The SMILES string of the molecule is CCC(CO)NC(=O)/C=C/c1ccc(C(N)=O)cc1. The average molecular weight is 262 g/mol. The molecule has 0 aliphatic heterocycles. The van der Waals surface area contributed by atoms with Gasteiger partial charge in [0.2, 0.25) is 11.8 Å². The molecule has 0 saturated heterocycles. The van der Waals surface area contributed by atoms with Crippen LogP contribution in [0, 0.1) is 0 Å². The molecule has 2 amide bonds. The van der Waals surface area contributed by atoms with Gasteiger partial charge in [-0.1, -0.05) is 19.1 Å². The first kappa shape index (κ1) is 14.9. The normalized spacial score (nSPS) is 12.3. The number of rotatable bonds is 6. The maximum Gasteiger partial charge on any atom is 0.248 e. The van der Waals surface area contributed by atoms with Crippen molar-refractivity contribution >= 4 is 17.9 Å². The van der Waals surface area contributed by atoms with E-state index in [1.807, 2.05) is 6.92 Å². The van der Waals surface area contributed by atoms with Crippen LogP contribution < -0.4 is 11.1 Å². The van der Waals surface area contributed by atoms with E-state index in [1.54, 1.807) is 30.3 Å². The molecule has 0 saturated carbocycles. The van der Waals surface area contributed by atoms with Crippen molar-refractivity contribution in [3.63, 3.8) is 0 Å². The largest absolute Gasteiger partial charge is 0.394 e. The second-order valence-electron chi connectivity index (χ2n) is 4.12. The molecule has 4 N–H and O–H groups in total. The molecule has 1 aromatic carbocycles. The Hall–Kier alpha value is -2.14. The van der Waals surface area contributed by atoms with Crippen molar-refractivity contribution in [1.29, 1.82) is 0 Å². The number of benzene rings is 1. The van der Waals surface area contributed by atoms with E-state index in [1.165, 1.54) is 6.08 Å². The fourth-order valence-electron chi connectivity index (χ4n) is 1.46. The van der Waals surface area contributed by atoms with Crippen molar-refractivity contribution in [2.24, 2.45) is 5.73 Å². The standard InChI is InChI=1S/C14H18N2O3/c1-2-12(9-17)16-13(18)8-5-10-3-6-11(7-4-10)14(15)19/h3-8,12,17H,2,9H2,1H3,(H2,15,19)(H,16,18)/b8-5+. The number of aliphatic hydroxyl groups excluding tert-OH is 1. The zero-order chi connectivity index (χ0) is 14.3. The molecule has 0 bridgehead atoms. The lowest BCUT2D eigenvalue weighted by Crippen LogP contribution is -2.35. The highest BCUT2D eigenvalue weighted by Gasteiger charge is 2.05. The zero-order valence-corrected chi connectivity index (χ0v) is 10.8. The Morgan fingerprint density at radius 2 is 2.00 bits per heavy atom. The summed E-state index contributed by atoms with van der Waals surface area (Å²) in [6.07, 6.45) is 3.69. The van der Waals surface area contributed by atoms with Crippen LogP contribution in [0.2, 0.25) is 0 Å². The molecule has 0 spiro atoms. The van der Waals surface area contributed by atoms with Gasteiger partial charge in [0, 0.05) is 11.6 Å². The van der Waals surface area contributed by atoms with Gasteiger partial charge in [-0.15, -0.1) is 0 Å². The summed E-state index contributed by atoms with van der Waals surface area (Å²) in [6, 6.07) is 6.38. The van der Waals surface area contributed by atoms with Gasteiger partial charge in [0.25, 0.3) is 0 Å². The van der Waals surface area contributed by atoms with Crippen LogP contribution in [0.25, 0.3) is 6.08 Å². The Morgan fingerprint density at radius 3 is 2.47 bits per heavy atom. The highest BCUT2D eigenvalue weighted by atomic mass is 16.3. The topological polar surface area (TPSA) is 92.4 Å². The average Bonchev–Trinajstić information content (AvgIpc) is 2.43. The highest BCUT2D eigenvalue weighted by molar-refractivity contribution is 5.94. The Morgan fingerprint density at radius 1 is 1.37 bits per heavy atom.